The van der Waals surface area contributed by atoms with Crippen LogP contribution in [0.5, 0.6) is 0 Å². The SMILES string of the molecule is Cc1cnn(C)c1CNCCF. The zero-order valence-corrected chi connectivity index (χ0v) is 7.47. The quantitative estimate of drug-likeness (QED) is 0.679. The Kier molecular flexibility index (Phi) is 3.22. The summed E-state index contributed by atoms with van der Waals surface area (Å²) in [7, 11) is 1.89. The third-order valence-electron chi connectivity index (χ3n) is 1.83. The lowest BCUT2D eigenvalue weighted by atomic mass is 10.3. The summed E-state index contributed by atoms with van der Waals surface area (Å²) < 4.78 is 13.5. The van der Waals surface area contributed by atoms with Crippen LogP contribution < -0.4 is 5.32 Å². The Bertz CT molecular complexity index is 225. The lowest BCUT2D eigenvalue weighted by molar-refractivity contribution is 0.462. The Morgan fingerprint density at radius 3 is 2.92 bits per heavy atom. The van der Waals surface area contributed by atoms with Crippen molar-refractivity contribution in [2.75, 3.05) is 13.2 Å². The van der Waals surface area contributed by atoms with Crippen LogP contribution in [-0.2, 0) is 13.6 Å². The van der Waals surface area contributed by atoms with Gasteiger partial charge in [-0.15, -0.1) is 0 Å². The summed E-state index contributed by atoms with van der Waals surface area (Å²) in [6.45, 7) is 2.77. The fourth-order valence-electron chi connectivity index (χ4n) is 1.10. The molecule has 4 heteroatoms. The maximum absolute atomic E-state index is 11.7. The van der Waals surface area contributed by atoms with Crippen molar-refractivity contribution >= 4 is 0 Å². The van der Waals surface area contributed by atoms with Crippen LogP contribution in [0.25, 0.3) is 0 Å². The Hall–Kier alpha value is -0.900. The van der Waals surface area contributed by atoms with Crippen LogP contribution in [0.15, 0.2) is 6.20 Å². The van der Waals surface area contributed by atoms with Gasteiger partial charge in [0, 0.05) is 20.1 Å². The minimum absolute atomic E-state index is 0.323. The maximum atomic E-state index is 11.7. The standard InChI is InChI=1S/C8H14FN3/c1-7-5-11-12(2)8(7)6-10-4-3-9/h5,10H,3-4,6H2,1-2H3. The molecule has 0 saturated carbocycles. The van der Waals surface area contributed by atoms with E-state index in [2.05, 4.69) is 10.4 Å². The molecule has 0 spiro atoms. The van der Waals surface area contributed by atoms with E-state index in [1.807, 2.05) is 20.2 Å². The minimum Gasteiger partial charge on any atom is -0.309 e. The third kappa shape index (κ3) is 2.04. The Labute approximate surface area is 71.6 Å². The number of aromatic nitrogens is 2. The zero-order valence-electron chi connectivity index (χ0n) is 7.47. The number of nitrogens with one attached hydrogen (secondary N) is 1. The number of aryl methyl sites for hydroxylation is 2. The highest BCUT2D eigenvalue weighted by atomic mass is 19.1. The highest BCUT2D eigenvalue weighted by Gasteiger charge is 2.02. The first-order chi connectivity index (χ1) is 5.75. The van der Waals surface area contributed by atoms with Crippen LogP contribution >= 0.6 is 0 Å². The smallest absolute Gasteiger partial charge is 0.102 e. The van der Waals surface area contributed by atoms with Gasteiger partial charge in [0.1, 0.15) is 6.67 Å². The van der Waals surface area contributed by atoms with Gasteiger partial charge in [-0.1, -0.05) is 0 Å². The van der Waals surface area contributed by atoms with Gasteiger partial charge in [-0.05, 0) is 12.5 Å². The highest BCUT2D eigenvalue weighted by molar-refractivity contribution is 5.14. The van der Waals surface area contributed by atoms with Crippen LogP contribution in [-0.4, -0.2) is 23.0 Å². The van der Waals surface area contributed by atoms with Crippen molar-refractivity contribution in [1.82, 2.24) is 15.1 Å². The summed E-state index contributed by atoms with van der Waals surface area (Å²) in [5.41, 5.74) is 2.26. The average molecular weight is 171 g/mol. The van der Waals surface area contributed by atoms with Gasteiger partial charge in [-0.2, -0.15) is 5.10 Å². The second-order valence-electron chi connectivity index (χ2n) is 2.76. The predicted molar refractivity (Wildman–Crippen MR) is 45.6 cm³/mol. The molecule has 0 aliphatic carbocycles. The van der Waals surface area contributed by atoms with Crippen LogP contribution in [0.2, 0.25) is 0 Å². The molecule has 0 amide bonds. The first kappa shape index (κ1) is 9.19. The Balaban J connectivity index is 2.50. The monoisotopic (exact) mass is 171 g/mol. The number of hydrogen-bond acceptors (Lipinski definition) is 2. The Morgan fingerprint density at radius 2 is 2.42 bits per heavy atom. The molecule has 0 saturated heterocycles. The topological polar surface area (TPSA) is 29.9 Å². The maximum Gasteiger partial charge on any atom is 0.102 e. The predicted octanol–water partition coefficient (Wildman–Crippen LogP) is 0.788. The molecule has 0 atom stereocenters. The van der Waals surface area contributed by atoms with E-state index in [1.54, 1.807) is 4.68 Å². The van der Waals surface area contributed by atoms with Gasteiger partial charge in [0.05, 0.1) is 11.9 Å². The van der Waals surface area contributed by atoms with Crippen LogP contribution in [0.3, 0.4) is 0 Å². The van der Waals surface area contributed by atoms with Gasteiger partial charge >= 0.3 is 0 Å². The number of nitrogens with zero attached hydrogens (tertiary/aromatic N) is 2. The van der Waals surface area contributed by atoms with E-state index in [-0.39, 0.29) is 6.67 Å². The molecule has 0 fully saturated rings. The van der Waals surface area contributed by atoms with Crippen molar-refractivity contribution in [3.63, 3.8) is 0 Å². The fraction of sp³-hybridized carbons (Fsp3) is 0.625. The molecule has 0 aromatic carbocycles. The lowest BCUT2D eigenvalue weighted by Crippen LogP contribution is -2.18. The molecule has 1 aromatic heterocycles. The number of hydrogen-bond donors (Lipinski definition) is 1. The van der Waals surface area contributed by atoms with Crippen molar-refractivity contribution in [3.8, 4) is 0 Å². The molecule has 1 aromatic rings. The van der Waals surface area contributed by atoms with E-state index >= 15 is 0 Å². The molecule has 0 bridgehead atoms. The van der Waals surface area contributed by atoms with E-state index in [0.717, 1.165) is 11.3 Å². The van der Waals surface area contributed by atoms with E-state index in [4.69, 9.17) is 0 Å². The van der Waals surface area contributed by atoms with Crippen LogP contribution in [0, 0.1) is 6.92 Å². The largest absolute Gasteiger partial charge is 0.309 e. The highest BCUT2D eigenvalue weighted by Crippen LogP contribution is 2.03. The van der Waals surface area contributed by atoms with E-state index in [9.17, 15) is 4.39 Å². The van der Waals surface area contributed by atoms with Crippen LogP contribution in [0.1, 0.15) is 11.3 Å². The first-order valence-electron chi connectivity index (χ1n) is 4.00. The molecule has 0 aliphatic rings. The van der Waals surface area contributed by atoms with E-state index < -0.39 is 0 Å². The van der Waals surface area contributed by atoms with Crippen molar-refractivity contribution < 1.29 is 4.39 Å². The van der Waals surface area contributed by atoms with Crippen molar-refractivity contribution in [3.05, 3.63) is 17.5 Å². The summed E-state index contributed by atoms with van der Waals surface area (Å²) in [5, 5.41) is 7.06. The molecular weight excluding hydrogens is 157 g/mol. The fourth-order valence-corrected chi connectivity index (χ4v) is 1.10. The summed E-state index contributed by atoms with van der Waals surface area (Å²) in [6.07, 6.45) is 1.81. The molecule has 68 valence electrons. The van der Waals surface area contributed by atoms with Gasteiger partial charge in [-0.25, -0.2) is 4.39 Å². The third-order valence-corrected chi connectivity index (χ3v) is 1.83. The zero-order chi connectivity index (χ0) is 8.97. The van der Waals surface area contributed by atoms with E-state index in [1.165, 1.54) is 0 Å². The summed E-state index contributed by atoms with van der Waals surface area (Å²) in [6, 6.07) is 0. The van der Waals surface area contributed by atoms with Gasteiger partial charge in [0.25, 0.3) is 0 Å². The molecule has 0 unspecified atom stereocenters. The molecule has 1 rings (SSSR count). The summed E-state index contributed by atoms with van der Waals surface area (Å²) in [5.74, 6) is 0. The van der Waals surface area contributed by atoms with Crippen molar-refractivity contribution in [2.24, 2.45) is 7.05 Å². The molecule has 12 heavy (non-hydrogen) atoms. The number of rotatable bonds is 4. The second kappa shape index (κ2) is 4.21. The number of alkyl halides is 1. The normalized spacial score (nSPS) is 10.6. The summed E-state index contributed by atoms with van der Waals surface area (Å²) >= 11 is 0. The van der Waals surface area contributed by atoms with E-state index in [0.29, 0.717) is 13.1 Å². The average Bonchev–Trinajstić information content (AvgIpc) is 2.35. The molecule has 0 aliphatic heterocycles. The molecule has 3 nitrogen and oxygen atoms in total. The molecular formula is C8H14FN3. The summed E-state index contributed by atoms with van der Waals surface area (Å²) in [4.78, 5) is 0. The van der Waals surface area contributed by atoms with Gasteiger partial charge in [0.15, 0.2) is 0 Å². The molecule has 0 radical (unpaired) electrons. The van der Waals surface area contributed by atoms with Crippen molar-refractivity contribution in [2.45, 2.75) is 13.5 Å². The second-order valence-corrected chi connectivity index (χ2v) is 2.76. The van der Waals surface area contributed by atoms with Crippen molar-refractivity contribution in [1.29, 1.82) is 0 Å². The minimum atomic E-state index is -0.323. The lowest BCUT2D eigenvalue weighted by Gasteiger charge is -2.03. The van der Waals surface area contributed by atoms with Gasteiger partial charge < -0.3 is 5.32 Å². The van der Waals surface area contributed by atoms with Gasteiger partial charge in [0.2, 0.25) is 0 Å². The van der Waals surface area contributed by atoms with Gasteiger partial charge in [-0.3, -0.25) is 4.68 Å². The Morgan fingerprint density at radius 1 is 1.67 bits per heavy atom. The molecule has 1 heterocycles. The van der Waals surface area contributed by atoms with Crippen LogP contribution in [0.4, 0.5) is 4.39 Å². The first-order valence-corrected chi connectivity index (χ1v) is 4.00. The molecule has 1 N–H and O–H groups in total. The number of halogens is 1.